The molecule has 2 nitrogen and oxygen atoms in total. The Hall–Kier alpha value is -4.34. The molecule has 0 spiro atoms. The number of aliphatic hydroxyl groups excluding tert-OH is 2. The molecule has 0 radical (unpaired) electrons. The summed E-state index contributed by atoms with van der Waals surface area (Å²) in [5.41, 5.74) is 1.08. The largest absolute Gasteiger partial charge is 0.381 e. The van der Waals surface area contributed by atoms with Crippen LogP contribution in [0.5, 0.6) is 0 Å². The summed E-state index contributed by atoms with van der Waals surface area (Å²) in [6.45, 7) is 1.59. The Morgan fingerprint density at radius 3 is 1.78 bits per heavy atom. The molecule has 2 atom stereocenters. The van der Waals surface area contributed by atoms with Crippen molar-refractivity contribution < 1.29 is 10.2 Å². The zero-order valence-electron chi connectivity index (χ0n) is 19.9. The van der Waals surface area contributed by atoms with Crippen molar-refractivity contribution in [3.8, 4) is 23.7 Å². The van der Waals surface area contributed by atoms with Crippen LogP contribution in [0.1, 0.15) is 12.5 Å². The number of hydrogen-bond donors (Lipinski definition) is 2. The van der Waals surface area contributed by atoms with Gasteiger partial charge in [0.05, 0.1) is 0 Å². The molecule has 6 rings (SSSR count). The molecule has 0 amide bonds. The van der Waals surface area contributed by atoms with E-state index in [1.54, 1.807) is 6.92 Å². The van der Waals surface area contributed by atoms with Gasteiger partial charge in [0.2, 0.25) is 0 Å². The van der Waals surface area contributed by atoms with Crippen molar-refractivity contribution in [1.29, 1.82) is 0 Å². The maximum Gasteiger partial charge on any atom is 0.119 e. The van der Waals surface area contributed by atoms with Crippen LogP contribution in [-0.4, -0.2) is 22.4 Å². The van der Waals surface area contributed by atoms with Gasteiger partial charge in [-0.3, -0.25) is 0 Å². The third kappa shape index (κ3) is 4.04. The highest BCUT2D eigenvalue weighted by Gasteiger charge is 2.14. The van der Waals surface area contributed by atoms with E-state index in [9.17, 15) is 10.2 Å². The van der Waals surface area contributed by atoms with Crippen molar-refractivity contribution in [2.75, 3.05) is 0 Å². The lowest BCUT2D eigenvalue weighted by atomic mass is 9.89. The van der Waals surface area contributed by atoms with Gasteiger partial charge < -0.3 is 10.2 Å². The number of benzene rings is 6. The second-order valence-corrected chi connectivity index (χ2v) is 9.29. The second-order valence-electron chi connectivity index (χ2n) is 9.29. The van der Waals surface area contributed by atoms with Gasteiger partial charge in [-0.25, -0.2) is 0 Å². The Morgan fingerprint density at radius 1 is 0.556 bits per heavy atom. The number of fused-ring (bicyclic) bond motifs is 6. The predicted octanol–water partition coefficient (Wildman–Crippen LogP) is 6.74. The summed E-state index contributed by atoms with van der Waals surface area (Å²) in [7, 11) is 0. The first kappa shape index (κ1) is 22.1. The van der Waals surface area contributed by atoms with E-state index in [-0.39, 0.29) is 0 Å². The normalized spacial score (nSPS) is 12.9. The first-order chi connectivity index (χ1) is 17.6. The van der Waals surface area contributed by atoms with Crippen molar-refractivity contribution in [2.45, 2.75) is 25.6 Å². The average molecular weight is 465 g/mol. The van der Waals surface area contributed by atoms with E-state index in [0.29, 0.717) is 6.42 Å². The summed E-state index contributed by atoms with van der Waals surface area (Å²) in [5.74, 6) is 10.7. The quantitative estimate of drug-likeness (QED) is 0.169. The number of hydrogen-bond acceptors (Lipinski definition) is 2. The minimum Gasteiger partial charge on any atom is -0.381 e. The third-order valence-electron chi connectivity index (χ3n) is 6.78. The molecule has 0 aliphatic carbocycles. The Balaban J connectivity index is 1.63. The Morgan fingerprint density at radius 2 is 1.11 bits per heavy atom. The summed E-state index contributed by atoms with van der Waals surface area (Å²) in [6.07, 6.45) is -1.23. The summed E-state index contributed by atoms with van der Waals surface area (Å²) in [6, 6.07) is 32.4. The van der Waals surface area contributed by atoms with Crippen LogP contribution in [0.3, 0.4) is 0 Å². The molecule has 6 aromatic rings. The molecule has 0 saturated heterocycles. The zero-order chi connectivity index (χ0) is 24.6. The molecular formula is C34H24O2. The van der Waals surface area contributed by atoms with Crippen LogP contribution in [0.15, 0.2) is 91.0 Å². The van der Waals surface area contributed by atoms with Gasteiger partial charge in [-0.1, -0.05) is 72.5 Å². The highest BCUT2D eigenvalue weighted by atomic mass is 16.3. The summed E-state index contributed by atoms with van der Waals surface area (Å²) >= 11 is 0. The van der Waals surface area contributed by atoms with Crippen LogP contribution in [0.2, 0.25) is 0 Å². The monoisotopic (exact) mass is 464 g/mol. The van der Waals surface area contributed by atoms with E-state index >= 15 is 0 Å². The molecule has 0 heterocycles. The molecule has 2 heteroatoms. The Kier molecular flexibility index (Phi) is 5.55. The molecule has 0 aliphatic rings. The van der Waals surface area contributed by atoms with Crippen LogP contribution in [0.25, 0.3) is 53.9 Å². The summed E-state index contributed by atoms with van der Waals surface area (Å²) in [5, 5.41) is 31.9. The van der Waals surface area contributed by atoms with E-state index in [0.717, 1.165) is 21.7 Å². The Bertz CT molecular complexity index is 1920. The van der Waals surface area contributed by atoms with E-state index < -0.39 is 12.2 Å². The van der Waals surface area contributed by atoms with Crippen LogP contribution in [0, 0.1) is 23.7 Å². The van der Waals surface area contributed by atoms with Gasteiger partial charge in [-0.15, -0.1) is 0 Å². The van der Waals surface area contributed by atoms with Crippen LogP contribution in [-0.2, 0) is 6.42 Å². The topological polar surface area (TPSA) is 40.5 Å². The van der Waals surface area contributed by atoms with E-state index in [4.69, 9.17) is 0 Å². The molecule has 2 unspecified atom stereocenters. The van der Waals surface area contributed by atoms with Crippen molar-refractivity contribution in [2.24, 2.45) is 0 Å². The molecule has 36 heavy (non-hydrogen) atoms. The average Bonchev–Trinajstić information content (AvgIpc) is 2.88. The molecule has 172 valence electrons. The SMILES string of the molecule is CC(O)C#CC#CC(O)Cc1c2cc3ccccc3cc2cc2c1ccc1cc3ccccc3cc12. The smallest absolute Gasteiger partial charge is 0.119 e. The lowest BCUT2D eigenvalue weighted by Gasteiger charge is -2.16. The maximum absolute atomic E-state index is 10.9. The lowest BCUT2D eigenvalue weighted by molar-refractivity contribution is 0.234. The summed E-state index contributed by atoms with van der Waals surface area (Å²) < 4.78 is 0. The van der Waals surface area contributed by atoms with Gasteiger partial charge in [0, 0.05) is 6.42 Å². The molecule has 0 aromatic heterocycles. The highest BCUT2D eigenvalue weighted by molar-refractivity contribution is 6.18. The van der Waals surface area contributed by atoms with Gasteiger partial charge in [-0.2, -0.15) is 0 Å². The van der Waals surface area contributed by atoms with E-state index in [1.807, 2.05) is 0 Å². The van der Waals surface area contributed by atoms with Gasteiger partial charge in [0.15, 0.2) is 0 Å². The first-order valence-corrected chi connectivity index (χ1v) is 12.1. The van der Waals surface area contributed by atoms with Crippen LogP contribution in [0.4, 0.5) is 0 Å². The van der Waals surface area contributed by atoms with Crippen LogP contribution >= 0.6 is 0 Å². The Labute approximate surface area is 209 Å². The summed E-state index contributed by atoms with van der Waals surface area (Å²) in [4.78, 5) is 0. The van der Waals surface area contributed by atoms with Crippen molar-refractivity contribution in [3.05, 3.63) is 96.6 Å². The molecule has 0 fully saturated rings. The molecular weight excluding hydrogens is 440 g/mol. The van der Waals surface area contributed by atoms with Crippen molar-refractivity contribution in [3.63, 3.8) is 0 Å². The molecule has 0 bridgehead atoms. The third-order valence-corrected chi connectivity index (χ3v) is 6.78. The fraction of sp³-hybridized carbons (Fsp3) is 0.118. The van der Waals surface area contributed by atoms with Crippen LogP contribution < -0.4 is 0 Å². The fourth-order valence-electron chi connectivity index (χ4n) is 5.12. The minimum absolute atomic E-state index is 0.384. The van der Waals surface area contributed by atoms with Gasteiger partial charge in [0.1, 0.15) is 12.2 Å². The van der Waals surface area contributed by atoms with Gasteiger partial charge in [-0.05, 0) is 109 Å². The van der Waals surface area contributed by atoms with E-state index in [1.165, 1.54) is 37.7 Å². The molecule has 0 saturated carbocycles. The minimum atomic E-state index is -0.874. The first-order valence-electron chi connectivity index (χ1n) is 12.1. The lowest BCUT2D eigenvalue weighted by Crippen LogP contribution is -2.08. The highest BCUT2D eigenvalue weighted by Crippen LogP contribution is 2.37. The second kappa shape index (κ2) is 9.03. The maximum atomic E-state index is 10.9. The fourth-order valence-corrected chi connectivity index (χ4v) is 5.12. The standard InChI is InChI=1S/C34H24O2/c1-22(35)8-2-7-13-29(36)21-34-30-15-14-27-16-23-9-3-5-11-25(23)18-31(27)33(30)20-28-17-24-10-4-6-12-26(24)19-32(28)34/h3-6,9-12,14-20,22,29,35-36H,21H2,1H3. The van der Waals surface area contributed by atoms with Gasteiger partial charge >= 0.3 is 0 Å². The molecule has 0 aliphatic heterocycles. The van der Waals surface area contributed by atoms with Crippen molar-refractivity contribution in [1.82, 2.24) is 0 Å². The van der Waals surface area contributed by atoms with Crippen molar-refractivity contribution >= 4 is 53.9 Å². The van der Waals surface area contributed by atoms with E-state index in [2.05, 4.69) is 115 Å². The number of rotatable bonds is 2. The molecule has 2 N–H and O–H groups in total. The van der Waals surface area contributed by atoms with Gasteiger partial charge in [0.25, 0.3) is 0 Å². The predicted molar refractivity (Wildman–Crippen MR) is 151 cm³/mol. The number of aliphatic hydroxyl groups is 2. The molecule has 6 aromatic carbocycles. The zero-order valence-corrected chi connectivity index (χ0v) is 19.9.